The van der Waals surface area contributed by atoms with E-state index in [0.29, 0.717) is 49.1 Å². The van der Waals surface area contributed by atoms with Gasteiger partial charge in [0.15, 0.2) is 0 Å². The second-order valence-electron chi connectivity index (χ2n) is 11.9. The molecule has 1 amide bonds. The van der Waals surface area contributed by atoms with Gasteiger partial charge in [0.05, 0.1) is 28.9 Å². The molecule has 208 valence electrons. The van der Waals surface area contributed by atoms with E-state index in [1.807, 2.05) is 0 Å². The van der Waals surface area contributed by atoms with Gasteiger partial charge in [-0.3, -0.25) is 4.79 Å². The van der Waals surface area contributed by atoms with E-state index in [0.717, 1.165) is 43.4 Å². The fraction of sp³-hybridized carbons (Fsp3) is 0.677. The summed E-state index contributed by atoms with van der Waals surface area (Å²) >= 11 is 0.966. The Labute approximate surface area is 235 Å². The molecule has 0 aliphatic heterocycles. The number of carbonyl (C=O) groups excluding carboxylic acids is 1. The van der Waals surface area contributed by atoms with Crippen molar-refractivity contribution in [1.82, 2.24) is 0 Å². The van der Waals surface area contributed by atoms with Gasteiger partial charge in [0, 0.05) is 21.5 Å². The van der Waals surface area contributed by atoms with Gasteiger partial charge in [0.2, 0.25) is 5.91 Å². The predicted octanol–water partition coefficient (Wildman–Crippen LogP) is 6.56. The van der Waals surface area contributed by atoms with E-state index in [4.69, 9.17) is 8.85 Å². The molecule has 0 saturated heterocycles. The smallest absolute Gasteiger partial charge is 0.348 e. The van der Waals surface area contributed by atoms with Crippen molar-refractivity contribution in [3.05, 3.63) is 27.5 Å². The number of thiophene rings is 1. The molecule has 0 unspecified atom stereocenters. The summed E-state index contributed by atoms with van der Waals surface area (Å²) in [6, 6.07) is 1.36. The molecular formula is C31H43NO5S. The minimum Gasteiger partial charge on any atom is -0.477 e. The highest BCUT2D eigenvalue weighted by Crippen LogP contribution is 2.40. The molecule has 0 radical (unpaired) electrons. The number of rotatable bonds is 7. The quantitative estimate of drug-likeness (QED) is 0.300. The number of carboxylic acids is 1. The van der Waals surface area contributed by atoms with Gasteiger partial charge in [0.1, 0.15) is 4.88 Å². The van der Waals surface area contributed by atoms with Gasteiger partial charge in [0.25, 0.3) is 0 Å². The zero-order valence-electron chi connectivity index (χ0n) is 25.8. The molecule has 4 rings (SSSR count). The Balaban J connectivity index is 1.62. The first-order valence-corrected chi connectivity index (χ1v) is 14.7. The number of hydrogen-bond acceptors (Lipinski definition) is 5. The Morgan fingerprint density at radius 1 is 1.24 bits per heavy atom. The molecule has 2 N–H and O–H groups in total. The molecule has 1 heterocycles. The minimum absolute atomic E-state index is 0.0160. The summed E-state index contributed by atoms with van der Waals surface area (Å²) in [6.45, 7) is 3.11. The van der Waals surface area contributed by atoms with Crippen molar-refractivity contribution < 1.29 is 28.7 Å². The highest BCUT2D eigenvalue weighted by molar-refractivity contribution is 7.15. The largest absolute Gasteiger partial charge is 0.477 e. The topological polar surface area (TPSA) is 87.1 Å². The molecule has 38 heavy (non-hydrogen) atoms. The van der Waals surface area contributed by atoms with Crippen LogP contribution in [-0.2, 0) is 9.53 Å². The van der Waals surface area contributed by atoms with Crippen molar-refractivity contribution in [2.24, 2.45) is 11.3 Å². The Morgan fingerprint density at radius 2 is 1.95 bits per heavy atom. The van der Waals surface area contributed by atoms with Crippen LogP contribution in [0.15, 0.2) is 17.7 Å². The molecule has 7 heteroatoms. The van der Waals surface area contributed by atoms with Crippen molar-refractivity contribution in [3.8, 4) is 11.8 Å². The van der Waals surface area contributed by atoms with Crippen LogP contribution in [-0.4, -0.2) is 46.4 Å². The minimum atomic E-state index is -2.30. The first-order valence-electron chi connectivity index (χ1n) is 15.4. The number of allylic oxidation sites excluding steroid dienone is 2. The fourth-order valence-corrected chi connectivity index (χ4v) is 6.59. The summed E-state index contributed by atoms with van der Waals surface area (Å²) < 4.78 is 29.3. The third-order valence-electron chi connectivity index (χ3n) is 8.03. The van der Waals surface area contributed by atoms with E-state index in [2.05, 4.69) is 24.8 Å². The molecule has 1 aromatic rings. The predicted molar refractivity (Wildman–Crippen MR) is 152 cm³/mol. The number of aliphatic hydroxyl groups is 1. The summed E-state index contributed by atoms with van der Waals surface area (Å²) in [5.74, 6) is 4.19. The summed E-state index contributed by atoms with van der Waals surface area (Å²) in [5.41, 5.74) is -0.675. The molecule has 3 aliphatic carbocycles. The molecule has 6 nitrogen and oxygen atoms in total. The second kappa shape index (κ2) is 11.9. The first kappa shape index (κ1) is 24.9. The van der Waals surface area contributed by atoms with Gasteiger partial charge in [-0.25, -0.2) is 4.79 Å². The highest BCUT2D eigenvalue weighted by atomic mass is 32.1. The Morgan fingerprint density at radius 3 is 2.55 bits per heavy atom. The SMILES string of the molecule is [2H]C([2H])([2H])C(C)(C)C#Cc1cc(N(C(=O)[C@H]2CC=C(C)CC2)C2CCC(O)(COC3CCCC3)CC2)c(C(=O)O)s1. The lowest BCUT2D eigenvalue weighted by molar-refractivity contribution is -0.124. The molecule has 2 saturated carbocycles. The normalized spacial score (nSPS) is 27.9. The molecule has 3 aliphatic rings. The number of aromatic carboxylic acids is 1. The van der Waals surface area contributed by atoms with Gasteiger partial charge in [-0.05, 0) is 91.5 Å². The van der Waals surface area contributed by atoms with Crippen LogP contribution in [0.25, 0.3) is 0 Å². The van der Waals surface area contributed by atoms with Crippen molar-refractivity contribution in [1.29, 1.82) is 0 Å². The lowest BCUT2D eigenvalue weighted by Crippen LogP contribution is -2.50. The number of carbonyl (C=O) groups is 2. The maximum Gasteiger partial charge on any atom is 0.348 e. The monoisotopic (exact) mass is 544 g/mol. The average Bonchev–Trinajstić information content (AvgIpc) is 3.58. The lowest BCUT2D eigenvalue weighted by atomic mass is 9.81. The fourth-order valence-electron chi connectivity index (χ4n) is 5.75. The van der Waals surface area contributed by atoms with Crippen LogP contribution in [0, 0.1) is 23.2 Å². The number of hydrogen-bond donors (Lipinski definition) is 2. The molecule has 2 fully saturated rings. The maximum absolute atomic E-state index is 14.1. The third-order valence-corrected chi connectivity index (χ3v) is 9.06. The number of ether oxygens (including phenoxy) is 1. The van der Waals surface area contributed by atoms with E-state index in [9.17, 15) is 19.8 Å². The van der Waals surface area contributed by atoms with Gasteiger partial charge in [-0.2, -0.15) is 0 Å². The molecule has 1 atom stereocenters. The molecular weight excluding hydrogens is 498 g/mol. The van der Waals surface area contributed by atoms with Crippen LogP contribution < -0.4 is 4.90 Å². The van der Waals surface area contributed by atoms with Crippen molar-refractivity contribution in [2.75, 3.05) is 11.5 Å². The van der Waals surface area contributed by atoms with Crippen LogP contribution >= 0.6 is 11.3 Å². The highest BCUT2D eigenvalue weighted by Gasteiger charge is 2.41. The van der Waals surface area contributed by atoms with Gasteiger partial charge >= 0.3 is 5.97 Å². The van der Waals surface area contributed by atoms with E-state index in [1.54, 1.807) is 11.0 Å². The van der Waals surface area contributed by atoms with Gasteiger partial charge < -0.3 is 19.8 Å². The first-order chi connectivity index (χ1) is 19.2. The summed E-state index contributed by atoms with van der Waals surface area (Å²) in [4.78, 5) is 28.6. The molecule has 0 spiro atoms. The molecule has 0 bridgehead atoms. The number of amides is 1. The second-order valence-corrected chi connectivity index (χ2v) is 13.0. The number of carboxylic acid groups (broad SMARTS) is 1. The lowest BCUT2D eigenvalue weighted by Gasteiger charge is -2.42. The summed E-state index contributed by atoms with van der Waals surface area (Å²) in [7, 11) is 0. The standard InChI is InChI=1S/C31H43NO5S/c1-21-9-11-22(12-10-21)28(33)32(26-19-25(15-16-30(2,3)4)38-27(26)29(34)35)23-13-17-31(36,18-14-23)20-37-24-7-5-6-8-24/h9,19,22-24,36H,5-8,10-14,17-18,20H2,1-4H3,(H,34,35)/t22-,23?,31?/m0/s1/i2D3. The van der Waals surface area contributed by atoms with Crippen LogP contribution in [0.1, 0.15) is 117 Å². The molecule has 1 aromatic heterocycles. The Kier molecular flexibility index (Phi) is 7.81. The maximum atomic E-state index is 14.1. The average molecular weight is 545 g/mol. The summed E-state index contributed by atoms with van der Waals surface area (Å²) in [5, 5.41) is 21.4. The third kappa shape index (κ3) is 7.28. The molecule has 0 aromatic carbocycles. The Hall–Kier alpha value is -2.14. The zero-order valence-corrected chi connectivity index (χ0v) is 23.7. The van der Waals surface area contributed by atoms with Crippen molar-refractivity contribution >= 4 is 28.9 Å². The van der Waals surface area contributed by atoms with Crippen molar-refractivity contribution in [3.63, 3.8) is 0 Å². The van der Waals surface area contributed by atoms with Crippen LogP contribution in [0.5, 0.6) is 0 Å². The van der Waals surface area contributed by atoms with E-state index < -0.39 is 23.8 Å². The Bertz CT molecular complexity index is 1210. The number of nitrogens with zero attached hydrogens (tertiary/aromatic N) is 1. The van der Waals surface area contributed by atoms with E-state index in [1.165, 1.54) is 19.4 Å². The van der Waals surface area contributed by atoms with Gasteiger partial charge in [-0.15, -0.1) is 11.3 Å². The summed E-state index contributed by atoms with van der Waals surface area (Å²) in [6.07, 6.45) is 10.8. The van der Waals surface area contributed by atoms with Gasteiger partial charge in [-0.1, -0.05) is 36.3 Å². The van der Waals surface area contributed by atoms with Crippen LogP contribution in [0.4, 0.5) is 5.69 Å². The van der Waals surface area contributed by atoms with E-state index in [-0.39, 0.29) is 35.5 Å². The van der Waals surface area contributed by atoms with Crippen LogP contribution in [0.3, 0.4) is 0 Å². The van der Waals surface area contributed by atoms with E-state index >= 15 is 0 Å². The van der Waals surface area contributed by atoms with Crippen LogP contribution in [0.2, 0.25) is 0 Å². The van der Waals surface area contributed by atoms with Crippen molar-refractivity contribution in [2.45, 2.75) is 116 Å². The number of anilines is 1. The zero-order chi connectivity index (χ0) is 30.0.